The first-order chi connectivity index (χ1) is 12.8. The number of carbonyl (C=O) groups excluding carboxylic acids is 2. The van der Waals surface area contributed by atoms with Crippen molar-refractivity contribution in [3.05, 3.63) is 65.4 Å². The van der Waals surface area contributed by atoms with Crippen LogP contribution in [0.25, 0.3) is 11.1 Å². The lowest BCUT2D eigenvalue weighted by Gasteiger charge is -2.13. The van der Waals surface area contributed by atoms with E-state index < -0.39 is 17.9 Å². The van der Waals surface area contributed by atoms with Gasteiger partial charge in [-0.25, -0.2) is 14.4 Å². The van der Waals surface area contributed by atoms with Crippen LogP contribution in [0.5, 0.6) is 0 Å². The summed E-state index contributed by atoms with van der Waals surface area (Å²) in [6.07, 6.45) is 0.894. The van der Waals surface area contributed by atoms with Gasteiger partial charge < -0.3 is 19.9 Å². The predicted octanol–water partition coefficient (Wildman–Crippen LogP) is 3.00. The molecule has 27 heavy (non-hydrogen) atoms. The van der Waals surface area contributed by atoms with Crippen molar-refractivity contribution in [3.8, 4) is 11.1 Å². The molecule has 7 heteroatoms. The molecule has 0 aliphatic heterocycles. The van der Waals surface area contributed by atoms with E-state index in [2.05, 4.69) is 14.8 Å². The monoisotopic (exact) mass is 369 g/mol. The van der Waals surface area contributed by atoms with E-state index in [9.17, 15) is 19.5 Å². The van der Waals surface area contributed by atoms with Gasteiger partial charge in [-0.2, -0.15) is 0 Å². The lowest BCUT2D eigenvalue weighted by molar-refractivity contribution is -0.138. The third kappa shape index (κ3) is 4.94. The number of aromatic carboxylic acids is 1. The van der Waals surface area contributed by atoms with Crippen molar-refractivity contribution in [2.24, 2.45) is 0 Å². The minimum Gasteiger partial charge on any atom is -0.478 e. The molecule has 0 aliphatic carbocycles. The van der Waals surface area contributed by atoms with Crippen molar-refractivity contribution >= 4 is 23.6 Å². The van der Waals surface area contributed by atoms with Gasteiger partial charge in [-0.15, -0.1) is 0 Å². The average Bonchev–Trinajstić information content (AvgIpc) is 2.67. The fourth-order valence-electron chi connectivity index (χ4n) is 2.33. The second kappa shape index (κ2) is 8.66. The van der Waals surface area contributed by atoms with Crippen LogP contribution in [0.15, 0.2) is 54.2 Å². The van der Waals surface area contributed by atoms with Gasteiger partial charge in [0.05, 0.1) is 31.5 Å². The maximum Gasteiger partial charge on any atom is 0.354 e. The molecule has 0 heterocycles. The number of carboxylic acids is 1. The highest BCUT2D eigenvalue weighted by Gasteiger charge is 2.18. The smallest absolute Gasteiger partial charge is 0.354 e. The van der Waals surface area contributed by atoms with Gasteiger partial charge in [0.2, 0.25) is 0 Å². The molecule has 2 aromatic carbocycles. The molecule has 0 saturated heterocycles. The summed E-state index contributed by atoms with van der Waals surface area (Å²) in [5.74, 6) is -2.80. The summed E-state index contributed by atoms with van der Waals surface area (Å²) >= 11 is 0. The SMILES string of the molecule is COC(=O)/C=C(/Nc1ccc(-c2ccc(C)cc2)cc1C(=O)O)C(=O)OC. The first-order valence-corrected chi connectivity index (χ1v) is 7.95. The maximum atomic E-state index is 11.9. The van der Waals surface area contributed by atoms with Crippen LogP contribution in [0.4, 0.5) is 5.69 Å². The van der Waals surface area contributed by atoms with Gasteiger partial charge >= 0.3 is 17.9 Å². The van der Waals surface area contributed by atoms with Crippen LogP contribution >= 0.6 is 0 Å². The maximum absolute atomic E-state index is 11.9. The summed E-state index contributed by atoms with van der Waals surface area (Å²) in [5.41, 5.74) is 2.48. The molecule has 0 unspecified atom stereocenters. The van der Waals surface area contributed by atoms with Crippen LogP contribution in [0.3, 0.4) is 0 Å². The van der Waals surface area contributed by atoms with Crippen LogP contribution in [0.2, 0.25) is 0 Å². The highest BCUT2D eigenvalue weighted by atomic mass is 16.5. The summed E-state index contributed by atoms with van der Waals surface area (Å²) in [5, 5.41) is 12.2. The lowest BCUT2D eigenvalue weighted by Crippen LogP contribution is -2.17. The number of methoxy groups -OCH3 is 2. The minimum atomic E-state index is -1.19. The molecule has 0 radical (unpaired) electrons. The van der Waals surface area contributed by atoms with Gasteiger partial charge in [0, 0.05) is 0 Å². The summed E-state index contributed by atoms with van der Waals surface area (Å²) in [4.78, 5) is 35.0. The highest BCUT2D eigenvalue weighted by Crippen LogP contribution is 2.27. The van der Waals surface area contributed by atoms with Gasteiger partial charge in [0.15, 0.2) is 0 Å². The van der Waals surface area contributed by atoms with Crippen molar-refractivity contribution in [1.82, 2.24) is 0 Å². The van der Waals surface area contributed by atoms with E-state index in [4.69, 9.17) is 0 Å². The molecule has 0 aromatic heterocycles. The second-order valence-electron chi connectivity index (χ2n) is 5.63. The van der Waals surface area contributed by atoms with Gasteiger partial charge in [-0.3, -0.25) is 0 Å². The number of carboxylic acid groups (broad SMARTS) is 1. The summed E-state index contributed by atoms with van der Waals surface area (Å²) in [6, 6.07) is 12.4. The Labute approximate surface area is 156 Å². The Morgan fingerprint density at radius 1 is 0.963 bits per heavy atom. The zero-order chi connectivity index (χ0) is 20.0. The molecule has 0 spiro atoms. The van der Waals surface area contributed by atoms with E-state index in [1.54, 1.807) is 6.07 Å². The summed E-state index contributed by atoms with van der Waals surface area (Å²) < 4.78 is 9.11. The topological polar surface area (TPSA) is 102 Å². The Morgan fingerprint density at radius 3 is 2.15 bits per heavy atom. The molecular weight excluding hydrogens is 350 g/mol. The predicted molar refractivity (Wildman–Crippen MR) is 99.3 cm³/mol. The van der Waals surface area contributed by atoms with E-state index in [0.29, 0.717) is 5.56 Å². The molecule has 0 amide bonds. The van der Waals surface area contributed by atoms with Gasteiger partial charge in [-0.1, -0.05) is 35.9 Å². The first kappa shape index (κ1) is 19.7. The number of rotatable bonds is 6. The number of ether oxygens (including phenoxy) is 2. The zero-order valence-electron chi connectivity index (χ0n) is 15.1. The molecular formula is C20H19NO6. The van der Waals surface area contributed by atoms with Gasteiger partial charge in [-0.05, 0) is 30.2 Å². The quantitative estimate of drug-likeness (QED) is 0.596. The molecule has 0 atom stereocenters. The summed E-state index contributed by atoms with van der Waals surface area (Å²) in [7, 11) is 2.31. The number of hydrogen-bond donors (Lipinski definition) is 2. The molecule has 0 fully saturated rings. The molecule has 0 saturated carbocycles. The number of benzene rings is 2. The molecule has 0 bridgehead atoms. The number of anilines is 1. The number of nitrogens with one attached hydrogen (secondary N) is 1. The van der Waals surface area contributed by atoms with Crippen LogP contribution in [0.1, 0.15) is 15.9 Å². The fourth-order valence-corrected chi connectivity index (χ4v) is 2.33. The molecule has 2 N–H and O–H groups in total. The Balaban J connectivity index is 2.45. The van der Waals surface area contributed by atoms with Crippen molar-refractivity contribution < 1.29 is 29.0 Å². The van der Waals surface area contributed by atoms with E-state index in [1.807, 2.05) is 31.2 Å². The van der Waals surface area contributed by atoms with Gasteiger partial charge in [0.25, 0.3) is 0 Å². The first-order valence-electron chi connectivity index (χ1n) is 7.95. The number of carbonyl (C=O) groups is 3. The normalized spacial score (nSPS) is 10.9. The molecule has 7 nitrogen and oxygen atoms in total. The van der Waals surface area contributed by atoms with Crippen LogP contribution in [-0.2, 0) is 19.1 Å². The molecule has 2 rings (SSSR count). The van der Waals surface area contributed by atoms with E-state index >= 15 is 0 Å². The molecule has 2 aromatic rings. The number of aryl methyl sites for hydroxylation is 1. The molecule has 140 valence electrons. The fraction of sp³-hybridized carbons (Fsp3) is 0.150. The Hall–Kier alpha value is -3.61. The van der Waals surface area contributed by atoms with Crippen LogP contribution < -0.4 is 5.32 Å². The minimum absolute atomic E-state index is 0.0623. The number of hydrogen-bond acceptors (Lipinski definition) is 6. The van der Waals surface area contributed by atoms with Crippen molar-refractivity contribution in [2.75, 3.05) is 19.5 Å². The highest BCUT2D eigenvalue weighted by molar-refractivity contribution is 6.02. The van der Waals surface area contributed by atoms with Crippen molar-refractivity contribution in [3.63, 3.8) is 0 Å². The van der Waals surface area contributed by atoms with E-state index in [0.717, 1.165) is 31.4 Å². The standard InChI is InChI=1S/C20H19NO6/c1-12-4-6-13(7-5-12)14-8-9-16(15(10-14)19(23)24)21-17(20(25)27-3)11-18(22)26-2/h4-11,21H,1-3H3,(H,23,24)/b17-11+. The average molecular weight is 369 g/mol. The van der Waals surface area contributed by atoms with Crippen LogP contribution in [0, 0.1) is 6.92 Å². The van der Waals surface area contributed by atoms with Crippen LogP contribution in [-0.4, -0.2) is 37.2 Å². The van der Waals surface area contributed by atoms with E-state index in [-0.39, 0.29) is 16.9 Å². The Kier molecular flexibility index (Phi) is 6.32. The largest absolute Gasteiger partial charge is 0.478 e. The third-order valence-corrected chi connectivity index (χ3v) is 3.77. The number of esters is 2. The Morgan fingerprint density at radius 2 is 1.59 bits per heavy atom. The second-order valence-corrected chi connectivity index (χ2v) is 5.63. The lowest BCUT2D eigenvalue weighted by atomic mass is 10.0. The van der Waals surface area contributed by atoms with E-state index in [1.165, 1.54) is 12.1 Å². The Bertz CT molecular complexity index is 899. The van der Waals surface area contributed by atoms with Crippen molar-refractivity contribution in [2.45, 2.75) is 6.92 Å². The zero-order valence-corrected chi connectivity index (χ0v) is 15.1. The summed E-state index contributed by atoms with van der Waals surface area (Å²) in [6.45, 7) is 1.96. The van der Waals surface area contributed by atoms with Crippen molar-refractivity contribution in [1.29, 1.82) is 0 Å². The third-order valence-electron chi connectivity index (χ3n) is 3.77. The molecule has 0 aliphatic rings. The van der Waals surface area contributed by atoms with Gasteiger partial charge in [0.1, 0.15) is 5.70 Å².